The minimum absolute atomic E-state index is 0.00859. The van der Waals surface area contributed by atoms with Crippen molar-refractivity contribution < 1.29 is 0 Å². The van der Waals surface area contributed by atoms with Crippen molar-refractivity contribution in [3.05, 3.63) is 181 Å². The third-order valence-electron chi connectivity index (χ3n) is 13.8. The molecule has 1 heterocycles. The van der Waals surface area contributed by atoms with Gasteiger partial charge in [-0.25, -0.2) is 0 Å². The van der Waals surface area contributed by atoms with Crippen LogP contribution >= 0.6 is 0 Å². The molecule has 1 aliphatic heterocycles. The number of hydrogen-bond acceptors (Lipinski definition) is 1. The Bertz CT molecular complexity index is 2840. The molecule has 270 valence electrons. The van der Waals surface area contributed by atoms with Gasteiger partial charge in [-0.15, -0.1) is 0 Å². The third kappa shape index (κ3) is 4.80. The van der Waals surface area contributed by atoms with Crippen LogP contribution in [0.1, 0.15) is 51.5 Å². The monoisotopic (exact) mass is 719 g/mol. The fourth-order valence-electron chi connectivity index (χ4n) is 10.9. The normalized spacial score (nSPS) is 19.4. The number of anilines is 2. The van der Waals surface area contributed by atoms with Crippen molar-refractivity contribution in [3.8, 4) is 44.5 Å². The molecule has 1 nitrogen and oxygen atoms in total. The van der Waals surface area contributed by atoms with Crippen molar-refractivity contribution in [1.82, 2.24) is 0 Å². The van der Waals surface area contributed by atoms with Crippen molar-refractivity contribution >= 4 is 43.7 Å². The minimum Gasteiger partial charge on any atom is -0.334 e. The standard InChI is InChI=1S/C55H45N/c1-54-32-16-7-17-33-55(54,2)56(41-24-14-6-15-25-41)51-31-26-40(34-50(51)54)49-36-48(39-22-12-5-13-23-39)44-28-27-42-46(37-18-8-3-9-19-37)35-47(38-20-10-4-11-21-38)43-29-30-45(49)53(44)52(42)43/h3-6,8-15,18-31,34-36H,7,16-17,32-33H2,1-2H3. The lowest BCUT2D eigenvalue weighted by Gasteiger charge is -2.46. The fraction of sp³-hybridized carbons (Fsp3) is 0.164. The molecule has 9 aromatic carbocycles. The zero-order chi connectivity index (χ0) is 37.4. The summed E-state index contributed by atoms with van der Waals surface area (Å²) < 4.78 is 0. The van der Waals surface area contributed by atoms with Crippen molar-refractivity contribution in [1.29, 1.82) is 0 Å². The summed E-state index contributed by atoms with van der Waals surface area (Å²) in [5.41, 5.74) is 14.3. The largest absolute Gasteiger partial charge is 0.334 e. The molecule has 11 rings (SSSR count). The molecule has 0 spiro atoms. The number of nitrogens with zero attached hydrogens (tertiary/aromatic N) is 1. The van der Waals surface area contributed by atoms with Crippen molar-refractivity contribution in [2.45, 2.75) is 56.9 Å². The lowest BCUT2D eigenvalue weighted by molar-refractivity contribution is 0.261. The van der Waals surface area contributed by atoms with Crippen LogP contribution in [0.2, 0.25) is 0 Å². The Morgan fingerprint density at radius 3 is 1.30 bits per heavy atom. The van der Waals surface area contributed by atoms with Crippen LogP contribution in [-0.2, 0) is 5.41 Å². The summed E-state index contributed by atoms with van der Waals surface area (Å²) in [6, 6.07) is 66.0. The summed E-state index contributed by atoms with van der Waals surface area (Å²) in [6.45, 7) is 5.11. The second-order valence-corrected chi connectivity index (χ2v) is 16.7. The molecule has 56 heavy (non-hydrogen) atoms. The highest BCUT2D eigenvalue weighted by Crippen LogP contribution is 2.61. The van der Waals surface area contributed by atoms with E-state index in [1.165, 1.54) is 126 Å². The lowest BCUT2D eigenvalue weighted by atomic mass is 9.66. The first-order chi connectivity index (χ1) is 27.5. The fourth-order valence-corrected chi connectivity index (χ4v) is 10.9. The van der Waals surface area contributed by atoms with Gasteiger partial charge in [-0.2, -0.15) is 0 Å². The summed E-state index contributed by atoms with van der Waals surface area (Å²) in [4.78, 5) is 2.70. The maximum Gasteiger partial charge on any atom is 0.0517 e. The molecule has 2 unspecified atom stereocenters. The molecule has 0 bridgehead atoms. The molecule has 0 aromatic heterocycles. The molecular formula is C55H45N. The average Bonchev–Trinajstić information content (AvgIpc) is 3.32. The number of fused-ring (bicyclic) bond motifs is 3. The second-order valence-electron chi connectivity index (χ2n) is 16.7. The number of para-hydroxylation sites is 1. The van der Waals surface area contributed by atoms with Gasteiger partial charge in [-0.1, -0.05) is 166 Å². The van der Waals surface area contributed by atoms with Crippen LogP contribution in [0.25, 0.3) is 76.8 Å². The van der Waals surface area contributed by atoms with Gasteiger partial charge >= 0.3 is 0 Å². The van der Waals surface area contributed by atoms with E-state index >= 15 is 0 Å². The third-order valence-corrected chi connectivity index (χ3v) is 13.8. The van der Waals surface area contributed by atoms with E-state index in [2.05, 4.69) is 195 Å². The van der Waals surface area contributed by atoms with E-state index in [-0.39, 0.29) is 11.0 Å². The Hall–Kier alpha value is -6.18. The second kappa shape index (κ2) is 12.7. The van der Waals surface area contributed by atoms with Gasteiger partial charge in [0.05, 0.1) is 5.54 Å². The topological polar surface area (TPSA) is 3.24 Å². The quantitative estimate of drug-likeness (QED) is 0.160. The predicted molar refractivity (Wildman–Crippen MR) is 239 cm³/mol. The zero-order valence-corrected chi connectivity index (χ0v) is 32.2. The minimum atomic E-state index is -0.00859. The molecule has 0 N–H and O–H groups in total. The average molecular weight is 720 g/mol. The van der Waals surface area contributed by atoms with Crippen molar-refractivity contribution in [2.75, 3.05) is 4.90 Å². The van der Waals surface area contributed by atoms with E-state index in [1.54, 1.807) is 0 Å². The van der Waals surface area contributed by atoms with Crippen LogP contribution in [-0.4, -0.2) is 5.54 Å². The van der Waals surface area contributed by atoms with Crippen LogP contribution < -0.4 is 4.90 Å². The highest BCUT2D eigenvalue weighted by Gasteiger charge is 2.56. The highest BCUT2D eigenvalue weighted by atomic mass is 15.2. The molecule has 2 aliphatic rings. The Kier molecular flexibility index (Phi) is 7.52. The van der Waals surface area contributed by atoms with Gasteiger partial charge in [0.1, 0.15) is 0 Å². The lowest BCUT2D eigenvalue weighted by Crippen LogP contribution is -2.52. The van der Waals surface area contributed by atoms with Gasteiger partial charge in [0.2, 0.25) is 0 Å². The molecule has 0 radical (unpaired) electrons. The summed E-state index contributed by atoms with van der Waals surface area (Å²) in [5, 5.41) is 7.91. The zero-order valence-electron chi connectivity index (χ0n) is 32.2. The molecule has 9 aromatic rings. The Morgan fingerprint density at radius 2 is 0.821 bits per heavy atom. The van der Waals surface area contributed by atoms with E-state index in [1.807, 2.05) is 0 Å². The molecule has 1 fully saturated rings. The summed E-state index contributed by atoms with van der Waals surface area (Å²) in [5.74, 6) is 0. The Labute approximate surface area is 330 Å². The first-order valence-corrected chi connectivity index (χ1v) is 20.5. The summed E-state index contributed by atoms with van der Waals surface area (Å²) in [6.07, 6.45) is 6.22. The van der Waals surface area contributed by atoms with E-state index < -0.39 is 0 Å². The number of hydrogen-bond donors (Lipinski definition) is 0. The van der Waals surface area contributed by atoms with E-state index in [4.69, 9.17) is 0 Å². The van der Waals surface area contributed by atoms with E-state index in [0.29, 0.717) is 0 Å². The summed E-state index contributed by atoms with van der Waals surface area (Å²) in [7, 11) is 0. The molecule has 1 aliphatic carbocycles. The first-order valence-electron chi connectivity index (χ1n) is 20.5. The maximum atomic E-state index is 2.70. The molecule has 1 saturated carbocycles. The van der Waals surface area contributed by atoms with Gasteiger partial charge in [0, 0.05) is 16.8 Å². The predicted octanol–water partition coefficient (Wildman–Crippen LogP) is 15.4. The Morgan fingerprint density at radius 1 is 0.393 bits per heavy atom. The van der Waals surface area contributed by atoms with Gasteiger partial charge in [-0.05, 0) is 139 Å². The van der Waals surface area contributed by atoms with Crippen molar-refractivity contribution in [3.63, 3.8) is 0 Å². The van der Waals surface area contributed by atoms with E-state index in [9.17, 15) is 0 Å². The van der Waals surface area contributed by atoms with Gasteiger partial charge in [-0.3, -0.25) is 0 Å². The van der Waals surface area contributed by atoms with Crippen LogP contribution in [0.15, 0.2) is 176 Å². The van der Waals surface area contributed by atoms with Gasteiger partial charge in [0.15, 0.2) is 0 Å². The molecule has 2 atom stereocenters. The highest BCUT2D eigenvalue weighted by molar-refractivity contribution is 6.32. The summed E-state index contributed by atoms with van der Waals surface area (Å²) >= 11 is 0. The van der Waals surface area contributed by atoms with Crippen LogP contribution in [0.3, 0.4) is 0 Å². The molecular weight excluding hydrogens is 675 g/mol. The smallest absolute Gasteiger partial charge is 0.0517 e. The number of rotatable bonds is 5. The molecule has 0 amide bonds. The Balaban J connectivity index is 1.23. The van der Waals surface area contributed by atoms with Crippen LogP contribution in [0.4, 0.5) is 11.4 Å². The molecule has 0 saturated heterocycles. The van der Waals surface area contributed by atoms with Crippen molar-refractivity contribution in [2.24, 2.45) is 0 Å². The maximum absolute atomic E-state index is 2.70. The SMILES string of the molecule is CC12CCCCCC1(C)N(c1ccccc1)c1ccc(-c3cc(-c4ccccc4)c4ccc5c(-c6ccccc6)cc(-c6ccccc6)c6ccc3c4c56)cc12. The van der Waals surface area contributed by atoms with Crippen LogP contribution in [0.5, 0.6) is 0 Å². The molecule has 1 heteroatoms. The number of benzene rings is 9. The van der Waals surface area contributed by atoms with Gasteiger partial charge < -0.3 is 4.90 Å². The van der Waals surface area contributed by atoms with Gasteiger partial charge in [0.25, 0.3) is 0 Å². The first kappa shape index (κ1) is 33.2. The van der Waals surface area contributed by atoms with E-state index in [0.717, 1.165) is 0 Å². The van der Waals surface area contributed by atoms with Crippen LogP contribution in [0, 0.1) is 0 Å².